The maximum atomic E-state index is 13.5. The van der Waals surface area contributed by atoms with Crippen LogP contribution in [0.4, 0.5) is 4.39 Å². The van der Waals surface area contributed by atoms with Crippen LogP contribution >= 0.6 is 11.3 Å². The minimum atomic E-state index is -0.250. The first-order valence-electron chi connectivity index (χ1n) is 10.3. The molecule has 1 unspecified atom stereocenters. The second-order valence-electron chi connectivity index (χ2n) is 7.48. The van der Waals surface area contributed by atoms with Crippen LogP contribution < -0.4 is 10.6 Å². The molecule has 1 aliphatic rings. The van der Waals surface area contributed by atoms with Crippen molar-refractivity contribution in [2.75, 3.05) is 53.5 Å². The molecule has 9 heteroatoms. The van der Waals surface area contributed by atoms with Crippen LogP contribution in [0.5, 0.6) is 0 Å². The van der Waals surface area contributed by atoms with Gasteiger partial charge in [0.25, 0.3) is 0 Å². The van der Waals surface area contributed by atoms with E-state index in [1.165, 1.54) is 21.9 Å². The normalized spacial score (nSPS) is 16.0. The maximum absolute atomic E-state index is 13.5. The lowest BCUT2D eigenvalue weighted by molar-refractivity contribution is -0.127. The molecule has 168 valence electrons. The van der Waals surface area contributed by atoms with Gasteiger partial charge in [-0.2, -0.15) is 0 Å². The Morgan fingerprint density at radius 3 is 2.61 bits per heavy atom. The molecule has 31 heavy (non-hydrogen) atoms. The average molecular weight is 448 g/mol. The predicted molar refractivity (Wildman–Crippen MR) is 122 cm³/mol. The lowest BCUT2D eigenvalue weighted by atomic mass is 10.0. The smallest absolute Gasteiger partial charge is 0.243 e. The zero-order valence-corrected chi connectivity index (χ0v) is 18.8. The molecule has 0 spiro atoms. The Kier molecular flexibility index (Phi) is 8.81. The van der Waals surface area contributed by atoms with Gasteiger partial charge < -0.3 is 20.3 Å². The summed E-state index contributed by atoms with van der Waals surface area (Å²) < 4.78 is 19.0. The van der Waals surface area contributed by atoms with E-state index >= 15 is 0 Å². The predicted octanol–water partition coefficient (Wildman–Crippen LogP) is 2.08. The number of carbonyl (C=O) groups is 1. The van der Waals surface area contributed by atoms with Gasteiger partial charge in [-0.15, -0.1) is 11.3 Å². The summed E-state index contributed by atoms with van der Waals surface area (Å²) in [5, 5.41) is 8.72. The van der Waals surface area contributed by atoms with E-state index in [9.17, 15) is 9.18 Å². The van der Waals surface area contributed by atoms with Gasteiger partial charge >= 0.3 is 0 Å². The van der Waals surface area contributed by atoms with Gasteiger partial charge in [0.1, 0.15) is 12.4 Å². The van der Waals surface area contributed by atoms with Gasteiger partial charge in [0, 0.05) is 38.6 Å². The highest BCUT2D eigenvalue weighted by Gasteiger charge is 2.23. The van der Waals surface area contributed by atoms with Gasteiger partial charge in [0.05, 0.1) is 25.8 Å². The van der Waals surface area contributed by atoms with Crippen LogP contribution in [-0.4, -0.2) is 75.2 Å². The Labute approximate surface area is 186 Å². The molecule has 1 amide bonds. The van der Waals surface area contributed by atoms with E-state index in [4.69, 9.17) is 4.74 Å². The molecule has 1 saturated heterocycles. The van der Waals surface area contributed by atoms with Crippen molar-refractivity contribution in [1.29, 1.82) is 0 Å². The second kappa shape index (κ2) is 11.8. The van der Waals surface area contributed by atoms with Crippen LogP contribution in [0.15, 0.2) is 46.8 Å². The topological polar surface area (TPSA) is 69.2 Å². The number of aliphatic imine (C=N–C) groups is 1. The third kappa shape index (κ3) is 7.30. The first kappa shape index (κ1) is 23.2. The number of rotatable bonds is 8. The molecule has 1 aliphatic heterocycles. The molecule has 2 aromatic rings. The molecule has 1 aromatic carbocycles. The van der Waals surface area contributed by atoms with Crippen molar-refractivity contribution in [1.82, 2.24) is 20.4 Å². The van der Waals surface area contributed by atoms with Gasteiger partial charge in [-0.05, 0) is 29.1 Å². The molecule has 0 radical (unpaired) electrons. The zero-order chi connectivity index (χ0) is 22.1. The van der Waals surface area contributed by atoms with Gasteiger partial charge in [0.2, 0.25) is 5.91 Å². The molecular formula is C22H30FN5O2S. The number of hydrogen-bond donors (Lipinski definition) is 2. The minimum absolute atomic E-state index is 0.0304. The molecule has 0 bridgehead atoms. The van der Waals surface area contributed by atoms with E-state index < -0.39 is 0 Å². The number of hydrogen-bond acceptors (Lipinski definition) is 5. The fraction of sp³-hybridized carbons (Fsp3) is 0.455. The van der Waals surface area contributed by atoms with E-state index in [1.54, 1.807) is 25.4 Å². The summed E-state index contributed by atoms with van der Waals surface area (Å²) in [6.45, 7) is 4.21. The Bertz CT molecular complexity index is 836. The lowest BCUT2D eigenvalue weighted by Crippen LogP contribution is -2.46. The summed E-state index contributed by atoms with van der Waals surface area (Å²) in [4.78, 5) is 21.5. The molecule has 2 N–H and O–H groups in total. The Balaban J connectivity index is 1.71. The van der Waals surface area contributed by atoms with E-state index in [0.717, 1.165) is 18.7 Å². The largest absolute Gasteiger partial charge is 0.379 e. The molecule has 1 fully saturated rings. The average Bonchev–Trinajstić information content (AvgIpc) is 3.30. The van der Waals surface area contributed by atoms with E-state index in [-0.39, 0.29) is 24.3 Å². The van der Waals surface area contributed by atoms with Gasteiger partial charge in [-0.1, -0.05) is 18.2 Å². The molecule has 1 aromatic heterocycles. The monoisotopic (exact) mass is 447 g/mol. The highest BCUT2D eigenvalue weighted by atomic mass is 32.1. The Hall–Kier alpha value is -2.49. The van der Waals surface area contributed by atoms with Crippen LogP contribution in [0.2, 0.25) is 0 Å². The summed E-state index contributed by atoms with van der Waals surface area (Å²) in [5.74, 6) is 0.254. The Morgan fingerprint density at radius 1 is 1.23 bits per heavy atom. The quantitative estimate of drug-likeness (QED) is 0.479. The molecule has 3 rings (SSSR count). The van der Waals surface area contributed by atoms with Crippen molar-refractivity contribution in [2.45, 2.75) is 12.6 Å². The van der Waals surface area contributed by atoms with Crippen LogP contribution in [0, 0.1) is 5.82 Å². The van der Waals surface area contributed by atoms with Crippen LogP contribution in [-0.2, 0) is 16.1 Å². The second-order valence-corrected chi connectivity index (χ2v) is 8.51. The molecule has 0 saturated carbocycles. The van der Waals surface area contributed by atoms with E-state index in [2.05, 4.69) is 26.6 Å². The fourth-order valence-electron chi connectivity index (χ4n) is 3.27. The summed E-state index contributed by atoms with van der Waals surface area (Å²) in [6.07, 6.45) is 0. The van der Waals surface area contributed by atoms with Gasteiger partial charge in [-0.3, -0.25) is 9.69 Å². The number of amides is 1. The van der Waals surface area contributed by atoms with Crippen LogP contribution in [0.1, 0.15) is 16.5 Å². The van der Waals surface area contributed by atoms with Crippen molar-refractivity contribution in [2.24, 2.45) is 4.99 Å². The summed E-state index contributed by atoms with van der Waals surface area (Å²) in [5.41, 5.74) is 1.03. The highest BCUT2D eigenvalue weighted by Crippen LogP contribution is 2.21. The first-order chi connectivity index (χ1) is 15.0. The SMILES string of the molecule is CN(C)C(=O)CN=C(NCc1cccs1)NCC(c1ccc(F)cc1)N1CCOCC1. The third-order valence-corrected chi connectivity index (χ3v) is 5.96. The van der Waals surface area contributed by atoms with E-state index in [1.807, 2.05) is 23.6 Å². The number of halogens is 1. The minimum Gasteiger partial charge on any atom is -0.379 e. The number of morpholine rings is 1. The van der Waals surface area contributed by atoms with Crippen molar-refractivity contribution >= 4 is 23.2 Å². The summed E-state index contributed by atoms with van der Waals surface area (Å²) in [6, 6.07) is 10.7. The summed E-state index contributed by atoms with van der Waals surface area (Å²) in [7, 11) is 3.43. The Morgan fingerprint density at radius 2 is 1.97 bits per heavy atom. The number of carbonyl (C=O) groups excluding carboxylic acids is 1. The number of ether oxygens (including phenoxy) is 1. The third-order valence-electron chi connectivity index (χ3n) is 5.09. The molecule has 1 atom stereocenters. The van der Waals surface area contributed by atoms with Crippen molar-refractivity contribution in [3.63, 3.8) is 0 Å². The number of benzene rings is 1. The zero-order valence-electron chi connectivity index (χ0n) is 18.0. The number of nitrogens with one attached hydrogen (secondary N) is 2. The number of thiophene rings is 1. The molecule has 2 heterocycles. The van der Waals surface area contributed by atoms with Crippen molar-refractivity contribution in [3.05, 3.63) is 58.0 Å². The van der Waals surface area contributed by atoms with Gasteiger partial charge in [0.15, 0.2) is 5.96 Å². The number of nitrogens with zero attached hydrogens (tertiary/aromatic N) is 3. The van der Waals surface area contributed by atoms with E-state index in [0.29, 0.717) is 32.3 Å². The highest BCUT2D eigenvalue weighted by molar-refractivity contribution is 7.09. The number of guanidine groups is 1. The molecule has 0 aliphatic carbocycles. The van der Waals surface area contributed by atoms with Crippen LogP contribution in [0.25, 0.3) is 0 Å². The van der Waals surface area contributed by atoms with Crippen molar-refractivity contribution < 1.29 is 13.9 Å². The van der Waals surface area contributed by atoms with Crippen molar-refractivity contribution in [3.8, 4) is 0 Å². The fourth-order valence-corrected chi connectivity index (χ4v) is 3.92. The maximum Gasteiger partial charge on any atom is 0.243 e. The molecule has 7 nitrogen and oxygen atoms in total. The first-order valence-corrected chi connectivity index (χ1v) is 11.2. The van der Waals surface area contributed by atoms with Crippen LogP contribution in [0.3, 0.4) is 0 Å². The lowest BCUT2D eigenvalue weighted by Gasteiger charge is -2.35. The molecular weight excluding hydrogens is 417 g/mol. The summed E-state index contributed by atoms with van der Waals surface area (Å²) >= 11 is 1.66. The number of likely N-dealkylation sites (N-methyl/N-ethyl adjacent to an activating group) is 1. The van der Waals surface area contributed by atoms with Gasteiger partial charge in [-0.25, -0.2) is 9.38 Å². The standard InChI is InChI=1S/C22H30FN5O2S/c1-27(2)21(29)16-26-22(24-14-19-4-3-13-31-19)25-15-20(28-9-11-30-12-10-28)17-5-7-18(23)8-6-17/h3-8,13,20H,9-12,14-16H2,1-2H3,(H2,24,25,26).